The van der Waals surface area contributed by atoms with Crippen LogP contribution >= 0.6 is 15.9 Å². The molecule has 0 bridgehead atoms. The van der Waals surface area contributed by atoms with Gasteiger partial charge in [0.25, 0.3) is 5.69 Å². The van der Waals surface area contributed by atoms with Crippen LogP contribution in [0.5, 0.6) is 0 Å². The lowest BCUT2D eigenvalue weighted by atomic mass is 10.2. The first-order chi connectivity index (χ1) is 8.25. The van der Waals surface area contributed by atoms with Crippen LogP contribution in [0.15, 0.2) is 16.6 Å². The molecule has 0 saturated carbocycles. The van der Waals surface area contributed by atoms with Crippen molar-refractivity contribution < 1.29 is 19.2 Å². The number of nitrogens with zero attached hydrogens (tertiary/aromatic N) is 2. The predicted molar refractivity (Wildman–Crippen MR) is 66.3 cm³/mol. The second-order valence-corrected chi connectivity index (χ2v) is 4.49. The summed E-state index contributed by atoms with van der Waals surface area (Å²) in [4.78, 5) is 22.1. The van der Waals surface area contributed by atoms with Gasteiger partial charge in [0.1, 0.15) is 17.5 Å². The van der Waals surface area contributed by atoms with E-state index in [1.165, 1.54) is 24.9 Å². The molecule has 1 rings (SSSR count). The number of aliphatic carboxylic acids is 1. The Labute approximate surface area is 110 Å². The Kier molecular flexibility index (Phi) is 4.23. The molecule has 0 heterocycles. The monoisotopic (exact) mass is 320 g/mol. The Morgan fingerprint density at radius 1 is 1.61 bits per heavy atom. The van der Waals surface area contributed by atoms with Crippen LogP contribution in [0.4, 0.5) is 15.8 Å². The van der Waals surface area contributed by atoms with Crippen LogP contribution in [0.3, 0.4) is 0 Å². The number of carboxylic acids is 1. The highest BCUT2D eigenvalue weighted by atomic mass is 79.9. The maximum atomic E-state index is 13.3. The largest absolute Gasteiger partial charge is 0.480 e. The first-order valence-corrected chi connectivity index (χ1v) is 5.64. The number of halogens is 2. The average Bonchev–Trinajstić information content (AvgIpc) is 2.29. The lowest BCUT2D eigenvalue weighted by Gasteiger charge is -2.23. The standard InChI is InChI=1S/C10H10BrFN2O4/c1-5(10(15)16)13(2)8-3-6(11)7(12)4-9(8)14(17)18/h3-5H,1-2H3,(H,15,16). The minimum Gasteiger partial charge on any atom is -0.480 e. The lowest BCUT2D eigenvalue weighted by Crippen LogP contribution is -2.36. The molecule has 1 atom stereocenters. The second kappa shape index (κ2) is 5.30. The Bertz CT molecular complexity index is 509. The number of carbonyl (C=O) groups is 1. The molecule has 1 aromatic carbocycles. The van der Waals surface area contributed by atoms with Crippen molar-refractivity contribution >= 4 is 33.3 Å². The number of benzene rings is 1. The van der Waals surface area contributed by atoms with Crippen LogP contribution in [0, 0.1) is 15.9 Å². The molecule has 0 amide bonds. The summed E-state index contributed by atoms with van der Waals surface area (Å²) >= 11 is 2.91. The fourth-order valence-electron chi connectivity index (χ4n) is 1.33. The smallest absolute Gasteiger partial charge is 0.326 e. The molecule has 0 radical (unpaired) electrons. The van der Waals surface area contributed by atoms with Crippen molar-refractivity contribution in [3.05, 3.63) is 32.5 Å². The normalized spacial score (nSPS) is 12.0. The van der Waals surface area contributed by atoms with Crippen LogP contribution < -0.4 is 4.90 Å². The summed E-state index contributed by atoms with van der Waals surface area (Å²) in [6, 6.07) is 0.971. The van der Waals surface area contributed by atoms with Crippen molar-refractivity contribution in [2.75, 3.05) is 11.9 Å². The van der Waals surface area contributed by atoms with E-state index in [0.29, 0.717) is 0 Å². The first kappa shape index (κ1) is 14.4. The van der Waals surface area contributed by atoms with Crippen LogP contribution in [0.2, 0.25) is 0 Å². The zero-order valence-electron chi connectivity index (χ0n) is 9.55. The summed E-state index contributed by atoms with van der Waals surface area (Å²) in [7, 11) is 1.39. The molecule has 8 heteroatoms. The molecule has 0 spiro atoms. The number of likely N-dealkylation sites (N-methyl/N-ethyl adjacent to an activating group) is 1. The van der Waals surface area contributed by atoms with E-state index in [-0.39, 0.29) is 10.2 Å². The van der Waals surface area contributed by atoms with Gasteiger partial charge in [0.15, 0.2) is 0 Å². The van der Waals surface area contributed by atoms with Crippen LogP contribution in [-0.4, -0.2) is 29.1 Å². The molecule has 0 saturated heterocycles. The van der Waals surface area contributed by atoms with Crippen molar-refractivity contribution in [1.29, 1.82) is 0 Å². The molecule has 0 aliphatic rings. The minimum atomic E-state index is -1.13. The topological polar surface area (TPSA) is 83.7 Å². The van der Waals surface area contributed by atoms with Gasteiger partial charge < -0.3 is 10.0 Å². The third-order valence-electron chi connectivity index (χ3n) is 2.53. The molecule has 0 aliphatic carbocycles. The van der Waals surface area contributed by atoms with E-state index in [1.807, 2.05) is 0 Å². The summed E-state index contributed by atoms with van der Waals surface area (Å²) in [6.45, 7) is 1.38. The van der Waals surface area contributed by atoms with Crippen LogP contribution in [0.25, 0.3) is 0 Å². The number of anilines is 1. The molecular weight excluding hydrogens is 311 g/mol. The van der Waals surface area contributed by atoms with E-state index in [2.05, 4.69) is 15.9 Å². The molecule has 18 heavy (non-hydrogen) atoms. The Hall–Kier alpha value is -1.70. The van der Waals surface area contributed by atoms with Gasteiger partial charge in [-0.2, -0.15) is 0 Å². The molecular formula is C10H10BrFN2O4. The number of nitro benzene ring substituents is 1. The summed E-state index contributed by atoms with van der Waals surface area (Å²) in [5.74, 6) is -1.91. The van der Waals surface area contributed by atoms with Gasteiger partial charge in [0.2, 0.25) is 0 Å². The van der Waals surface area contributed by atoms with Crippen molar-refractivity contribution in [2.45, 2.75) is 13.0 Å². The summed E-state index contributed by atoms with van der Waals surface area (Å²) in [6.07, 6.45) is 0. The maximum absolute atomic E-state index is 13.3. The zero-order chi connectivity index (χ0) is 14.0. The van der Waals surface area contributed by atoms with Gasteiger partial charge in [-0.25, -0.2) is 9.18 Å². The van der Waals surface area contributed by atoms with Gasteiger partial charge in [-0.15, -0.1) is 0 Å². The summed E-state index contributed by atoms with van der Waals surface area (Å²) in [5, 5.41) is 19.7. The fourth-order valence-corrected chi connectivity index (χ4v) is 1.66. The molecule has 1 aromatic rings. The van der Waals surface area contributed by atoms with Gasteiger partial charge >= 0.3 is 5.97 Å². The Balaban J connectivity index is 3.34. The number of nitro groups is 1. The quantitative estimate of drug-likeness (QED) is 0.680. The highest BCUT2D eigenvalue weighted by molar-refractivity contribution is 9.10. The van der Waals surface area contributed by atoms with E-state index < -0.39 is 28.4 Å². The third-order valence-corrected chi connectivity index (χ3v) is 3.14. The average molecular weight is 321 g/mol. The van der Waals surface area contributed by atoms with E-state index in [9.17, 15) is 19.3 Å². The summed E-state index contributed by atoms with van der Waals surface area (Å²) < 4.78 is 13.3. The van der Waals surface area contributed by atoms with Gasteiger partial charge in [-0.05, 0) is 28.9 Å². The Morgan fingerprint density at radius 2 is 2.17 bits per heavy atom. The van der Waals surface area contributed by atoms with Crippen LogP contribution in [-0.2, 0) is 4.79 Å². The maximum Gasteiger partial charge on any atom is 0.326 e. The number of rotatable bonds is 4. The minimum absolute atomic E-state index is 0.0307. The SMILES string of the molecule is CC(C(=O)O)N(C)c1cc(Br)c(F)cc1[N+](=O)[O-]. The van der Waals surface area contributed by atoms with E-state index in [4.69, 9.17) is 5.11 Å². The first-order valence-electron chi connectivity index (χ1n) is 4.84. The fraction of sp³-hybridized carbons (Fsp3) is 0.300. The van der Waals surface area contributed by atoms with Gasteiger partial charge in [0.05, 0.1) is 15.5 Å². The van der Waals surface area contributed by atoms with Crippen molar-refractivity contribution in [3.8, 4) is 0 Å². The molecule has 1 N–H and O–H groups in total. The molecule has 0 aliphatic heterocycles. The molecule has 98 valence electrons. The number of carboxylic acid groups (broad SMARTS) is 1. The highest BCUT2D eigenvalue weighted by Crippen LogP contribution is 2.33. The number of hydrogen-bond acceptors (Lipinski definition) is 4. The van der Waals surface area contributed by atoms with E-state index in [1.54, 1.807) is 0 Å². The zero-order valence-corrected chi connectivity index (χ0v) is 11.1. The molecule has 6 nitrogen and oxygen atoms in total. The molecule has 0 aromatic heterocycles. The van der Waals surface area contributed by atoms with Crippen molar-refractivity contribution in [3.63, 3.8) is 0 Å². The summed E-state index contributed by atoms with van der Waals surface area (Å²) in [5.41, 5.74) is -0.450. The van der Waals surface area contributed by atoms with E-state index >= 15 is 0 Å². The van der Waals surface area contributed by atoms with Crippen molar-refractivity contribution in [2.24, 2.45) is 0 Å². The second-order valence-electron chi connectivity index (χ2n) is 3.64. The number of hydrogen-bond donors (Lipinski definition) is 1. The van der Waals surface area contributed by atoms with Crippen molar-refractivity contribution in [1.82, 2.24) is 0 Å². The van der Waals surface area contributed by atoms with Gasteiger partial charge in [0, 0.05) is 7.05 Å². The lowest BCUT2D eigenvalue weighted by molar-refractivity contribution is -0.384. The molecule has 0 fully saturated rings. The van der Waals surface area contributed by atoms with Crippen LogP contribution in [0.1, 0.15) is 6.92 Å². The van der Waals surface area contributed by atoms with Gasteiger partial charge in [-0.1, -0.05) is 0 Å². The predicted octanol–water partition coefficient (Wildman–Crippen LogP) is 2.41. The Morgan fingerprint density at radius 3 is 2.61 bits per heavy atom. The van der Waals surface area contributed by atoms with E-state index in [0.717, 1.165) is 6.07 Å². The molecule has 1 unspecified atom stereocenters. The third kappa shape index (κ3) is 2.76. The van der Waals surface area contributed by atoms with Gasteiger partial charge in [-0.3, -0.25) is 10.1 Å². The highest BCUT2D eigenvalue weighted by Gasteiger charge is 2.26.